The molecule has 1 aliphatic rings. The minimum absolute atomic E-state index is 0.223. The Bertz CT molecular complexity index is 441. The smallest absolute Gasteiger partial charge is 0.274 e. The highest BCUT2D eigenvalue weighted by Gasteiger charge is 2.35. The van der Waals surface area contributed by atoms with Crippen LogP contribution in [0.1, 0.15) is 36.2 Å². The van der Waals surface area contributed by atoms with Gasteiger partial charge >= 0.3 is 0 Å². The van der Waals surface area contributed by atoms with E-state index < -0.39 is 6.10 Å². The largest absolute Gasteiger partial charge is 0.388 e. The molecule has 1 saturated carbocycles. The monoisotopic (exact) mass is 279 g/mol. The first-order chi connectivity index (χ1) is 9.65. The van der Waals surface area contributed by atoms with Crippen molar-refractivity contribution in [2.75, 3.05) is 14.2 Å². The first-order valence-electron chi connectivity index (χ1n) is 6.89. The number of carbonyl (C=O) groups excluding carboxylic acids is 1. The second-order valence-electron chi connectivity index (χ2n) is 5.12. The summed E-state index contributed by atoms with van der Waals surface area (Å²) in [5.74, 6) is -0.223. The van der Waals surface area contributed by atoms with Gasteiger partial charge in [-0.25, -0.2) is 4.98 Å². The molecule has 0 saturated heterocycles. The van der Waals surface area contributed by atoms with E-state index in [1.54, 1.807) is 19.1 Å². The molecule has 0 aliphatic heterocycles. The Morgan fingerprint density at radius 1 is 1.40 bits per heavy atom. The molecule has 0 spiro atoms. The Labute approximate surface area is 118 Å². The third-order valence-corrected chi connectivity index (χ3v) is 3.92. The number of likely N-dealkylation sites (N-methyl/N-ethyl adjacent to an activating group) is 1. The van der Waals surface area contributed by atoms with Gasteiger partial charge in [0.15, 0.2) is 0 Å². The van der Waals surface area contributed by atoms with E-state index in [9.17, 15) is 9.90 Å². The number of rotatable bonds is 3. The molecule has 110 valence electrons. The van der Waals surface area contributed by atoms with Crippen LogP contribution in [0.2, 0.25) is 0 Å². The van der Waals surface area contributed by atoms with E-state index in [-0.39, 0.29) is 18.1 Å². The highest BCUT2D eigenvalue weighted by atomic mass is 16.5. The fourth-order valence-electron chi connectivity index (χ4n) is 2.71. The lowest BCUT2D eigenvalue weighted by Gasteiger charge is -2.33. The van der Waals surface area contributed by atoms with E-state index >= 15 is 0 Å². The molecule has 6 heteroatoms. The number of aliphatic hydroxyl groups is 1. The zero-order valence-corrected chi connectivity index (χ0v) is 11.9. The minimum atomic E-state index is -0.673. The summed E-state index contributed by atoms with van der Waals surface area (Å²) in [5, 5.41) is 10.4. The van der Waals surface area contributed by atoms with Crippen molar-refractivity contribution in [3.05, 3.63) is 24.3 Å². The molecule has 1 amide bonds. The molecule has 3 atom stereocenters. The highest BCUT2D eigenvalue weighted by molar-refractivity contribution is 5.92. The summed E-state index contributed by atoms with van der Waals surface area (Å²) >= 11 is 0. The number of nitrogens with zero attached hydrogens (tertiary/aromatic N) is 3. The van der Waals surface area contributed by atoms with Crippen LogP contribution in [0.4, 0.5) is 0 Å². The van der Waals surface area contributed by atoms with Gasteiger partial charge in [-0.15, -0.1) is 0 Å². The van der Waals surface area contributed by atoms with E-state index in [0.29, 0.717) is 5.69 Å². The summed E-state index contributed by atoms with van der Waals surface area (Å²) in [6, 6.07) is -0.253. The van der Waals surface area contributed by atoms with E-state index in [4.69, 9.17) is 4.74 Å². The molecular formula is C14H21N3O3. The summed E-state index contributed by atoms with van der Waals surface area (Å²) in [6.45, 7) is 0. The fourth-order valence-corrected chi connectivity index (χ4v) is 2.71. The summed E-state index contributed by atoms with van der Waals surface area (Å²) in [5.41, 5.74) is 0.292. The van der Waals surface area contributed by atoms with Crippen molar-refractivity contribution < 1.29 is 14.6 Å². The average Bonchev–Trinajstić information content (AvgIpc) is 2.68. The van der Waals surface area contributed by atoms with Gasteiger partial charge < -0.3 is 14.7 Å². The molecule has 1 fully saturated rings. The van der Waals surface area contributed by atoms with Gasteiger partial charge in [0.25, 0.3) is 5.91 Å². The molecule has 1 aliphatic carbocycles. The van der Waals surface area contributed by atoms with Crippen LogP contribution in [0.3, 0.4) is 0 Å². The van der Waals surface area contributed by atoms with E-state index in [0.717, 1.165) is 25.7 Å². The molecule has 1 aromatic heterocycles. The SMILES string of the molecule is CO[C@@H]1CCCC[C@@H](N(C)C(=O)c2cnccn2)[C@H]1O. The van der Waals surface area contributed by atoms with Crippen molar-refractivity contribution in [3.8, 4) is 0 Å². The maximum atomic E-state index is 12.4. The number of carbonyl (C=O) groups is 1. The van der Waals surface area contributed by atoms with Crippen molar-refractivity contribution in [3.63, 3.8) is 0 Å². The maximum absolute atomic E-state index is 12.4. The Morgan fingerprint density at radius 3 is 2.80 bits per heavy atom. The zero-order chi connectivity index (χ0) is 14.5. The third-order valence-electron chi connectivity index (χ3n) is 3.92. The van der Waals surface area contributed by atoms with Crippen molar-refractivity contribution in [1.29, 1.82) is 0 Å². The average molecular weight is 279 g/mol. The van der Waals surface area contributed by atoms with Crippen molar-refractivity contribution in [2.24, 2.45) is 0 Å². The van der Waals surface area contributed by atoms with Gasteiger partial charge in [0.2, 0.25) is 0 Å². The molecule has 6 nitrogen and oxygen atoms in total. The molecule has 0 radical (unpaired) electrons. The highest BCUT2D eigenvalue weighted by Crippen LogP contribution is 2.24. The van der Waals surface area contributed by atoms with Crippen LogP contribution < -0.4 is 0 Å². The molecule has 0 aromatic carbocycles. The quantitative estimate of drug-likeness (QED) is 0.831. The van der Waals surface area contributed by atoms with Gasteiger partial charge in [-0.05, 0) is 12.8 Å². The predicted octanol–water partition coefficient (Wildman–Crippen LogP) is 0.867. The Hall–Kier alpha value is -1.53. The van der Waals surface area contributed by atoms with Gasteiger partial charge in [0.1, 0.15) is 11.8 Å². The Kier molecular flexibility index (Phi) is 5.03. The number of hydrogen-bond acceptors (Lipinski definition) is 5. The van der Waals surface area contributed by atoms with Gasteiger partial charge in [-0.2, -0.15) is 0 Å². The molecule has 20 heavy (non-hydrogen) atoms. The minimum Gasteiger partial charge on any atom is -0.388 e. The summed E-state index contributed by atoms with van der Waals surface area (Å²) in [7, 11) is 3.30. The van der Waals surface area contributed by atoms with Crippen LogP contribution in [0.15, 0.2) is 18.6 Å². The maximum Gasteiger partial charge on any atom is 0.274 e. The van der Waals surface area contributed by atoms with Crippen LogP contribution >= 0.6 is 0 Å². The normalized spacial score (nSPS) is 26.9. The van der Waals surface area contributed by atoms with Gasteiger partial charge in [0, 0.05) is 26.6 Å². The van der Waals surface area contributed by atoms with E-state index in [1.165, 1.54) is 18.6 Å². The number of hydrogen-bond donors (Lipinski definition) is 1. The van der Waals surface area contributed by atoms with E-state index in [1.807, 2.05) is 0 Å². The Morgan fingerprint density at radius 2 is 2.15 bits per heavy atom. The van der Waals surface area contributed by atoms with E-state index in [2.05, 4.69) is 9.97 Å². The van der Waals surface area contributed by atoms with Crippen LogP contribution in [0.5, 0.6) is 0 Å². The molecule has 1 heterocycles. The first-order valence-corrected chi connectivity index (χ1v) is 6.89. The lowest BCUT2D eigenvalue weighted by Crippen LogP contribution is -2.49. The fraction of sp³-hybridized carbons (Fsp3) is 0.643. The van der Waals surface area contributed by atoms with Crippen molar-refractivity contribution >= 4 is 5.91 Å². The predicted molar refractivity (Wildman–Crippen MR) is 73.2 cm³/mol. The van der Waals surface area contributed by atoms with Crippen LogP contribution in [-0.2, 0) is 4.74 Å². The topological polar surface area (TPSA) is 75.5 Å². The lowest BCUT2D eigenvalue weighted by atomic mass is 10.0. The number of aliphatic hydroxyl groups excluding tert-OH is 1. The molecule has 0 unspecified atom stereocenters. The molecule has 1 N–H and O–H groups in total. The molecule has 0 bridgehead atoms. The first kappa shape index (κ1) is 14.9. The number of methoxy groups -OCH3 is 1. The van der Waals surface area contributed by atoms with Crippen LogP contribution in [0, 0.1) is 0 Å². The van der Waals surface area contributed by atoms with Crippen LogP contribution in [-0.4, -0.2) is 58.3 Å². The second-order valence-corrected chi connectivity index (χ2v) is 5.12. The Balaban J connectivity index is 2.14. The van der Waals surface area contributed by atoms with Gasteiger partial charge in [0.05, 0.1) is 18.3 Å². The molecule has 1 aromatic rings. The third kappa shape index (κ3) is 3.13. The number of aromatic nitrogens is 2. The molecular weight excluding hydrogens is 258 g/mol. The lowest BCUT2D eigenvalue weighted by molar-refractivity contribution is -0.0463. The van der Waals surface area contributed by atoms with Crippen LogP contribution in [0.25, 0.3) is 0 Å². The zero-order valence-electron chi connectivity index (χ0n) is 11.9. The second kappa shape index (κ2) is 6.76. The summed E-state index contributed by atoms with van der Waals surface area (Å²) in [6.07, 6.45) is 7.12. The standard InChI is InChI=1S/C14H21N3O3/c1-17(14(19)10-9-15-7-8-16-10)11-5-3-4-6-12(20-2)13(11)18/h7-9,11-13,18H,3-6H2,1-2H3/t11-,12-,13-/m1/s1. The summed E-state index contributed by atoms with van der Waals surface area (Å²) < 4.78 is 5.33. The number of amides is 1. The summed E-state index contributed by atoms with van der Waals surface area (Å²) in [4.78, 5) is 21.9. The molecule has 2 rings (SSSR count). The number of ether oxygens (including phenoxy) is 1. The van der Waals surface area contributed by atoms with Crippen molar-refractivity contribution in [2.45, 2.75) is 43.9 Å². The van der Waals surface area contributed by atoms with Gasteiger partial charge in [-0.3, -0.25) is 9.78 Å². The van der Waals surface area contributed by atoms with Crippen molar-refractivity contribution in [1.82, 2.24) is 14.9 Å². The van der Waals surface area contributed by atoms with Gasteiger partial charge in [-0.1, -0.05) is 12.8 Å².